The van der Waals surface area contributed by atoms with Gasteiger partial charge in [-0.15, -0.1) is 0 Å². The Kier molecular flexibility index (Phi) is 6.78. The summed E-state index contributed by atoms with van der Waals surface area (Å²) >= 11 is 5.95. The van der Waals surface area contributed by atoms with Gasteiger partial charge >= 0.3 is 0 Å². The number of carbonyl (C=O) groups is 3. The average Bonchev–Trinajstić information content (AvgIpc) is 3.20. The highest BCUT2D eigenvalue weighted by Gasteiger charge is 2.61. The standard InChI is InChI=1S/C23H25ClF2N4O4/c24-14-3-1-2-12(8-14)19(31)22(34)30-16-4-5-17(23(25,26)10-16)18(30)21(33)29-15(11-27)9-13-6-7-28-20(13)32/h1-3,8,13,15-19,31H,4-7,9-10H2,(H,28,32)(H,29,33)/t13-,15+,16-,17-,18+,19+/m1/s1. The van der Waals surface area contributed by atoms with E-state index < -0.39 is 60.2 Å². The molecule has 1 aromatic rings. The fourth-order valence-corrected chi connectivity index (χ4v) is 5.54. The van der Waals surface area contributed by atoms with Gasteiger partial charge in [-0.2, -0.15) is 5.26 Å². The third-order valence-electron chi connectivity index (χ3n) is 7.01. The topological polar surface area (TPSA) is 123 Å². The van der Waals surface area contributed by atoms with E-state index in [9.17, 15) is 33.5 Å². The van der Waals surface area contributed by atoms with Crippen LogP contribution < -0.4 is 10.6 Å². The summed E-state index contributed by atoms with van der Waals surface area (Å²) in [5, 5.41) is 25.6. The third kappa shape index (κ3) is 4.59. The van der Waals surface area contributed by atoms with E-state index in [0.717, 1.165) is 4.90 Å². The van der Waals surface area contributed by atoms with Gasteiger partial charge in [0.25, 0.3) is 11.8 Å². The molecule has 3 aliphatic heterocycles. The summed E-state index contributed by atoms with van der Waals surface area (Å²) in [6.45, 7) is 0.470. The summed E-state index contributed by atoms with van der Waals surface area (Å²) in [4.78, 5) is 39.4. The number of halogens is 3. The minimum atomic E-state index is -3.17. The predicted octanol–water partition coefficient (Wildman–Crippen LogP) is 1.92. The van der Waals surface area contributed by atoms with Gasteiger partial charge in [-0.3, -0.25) is 14.4 Å². The van der Waals surface area contributed by atoms with E-state index in [2.05, 4.69) is 10.6 Å². The first kappa shape index (κ1) is 24.4. The largest absolute Gasteiger partial charge is 0.378 e. The predicted molar refractivity (Wildman–Crippen MR) is 116 cm³/mol. The maximum Gasteiger partial charge on any atom is 0.256 e. The van der Waals surface area contributed by atoms with Gasteiger partial charge in [0.15, 0.2) is 6.10 Å². The molecule has 5 rings (SSSR count). The monoisotopic (exact) mass is 494 g/mol. The number of carbonyl (C=O) groups excluding carboxylic acids is 3. The van der Waals surface area contributed by atoms with Gasteiger partial charge in [0.1, 0.15) is 12.1 Å². The van der Waals surface area contributed by atoms with Crippen molar-refractivity contribution in [2.75, 3.05) is 6.54 Å². The van der Waals surface area contributed by atoms with Crippen molar-refractivity contribution in [3.63, 3.8) is 0 Å². The quantitative estimate of drug-likeness (QED) is 0.557. The summed E-state index contributed by atoms with van der Waals surface area (Å²) in [6.07, 6.45) is -1.41. The molecule has 0 spiro atoms. The summed E-state index contributed by atoms with van der Waals surface area (Å²) in [5.74, 6) is -7.05. The fourth-order valence-electron chi connectivity index (χ4n) is 5.34. The van der Waals surface area contributed by atoms with E-state index in [1.807, 2.05) is 6.07 Å². The lowest BCUT2D eigenvalue weighted by atomic mass is 9.71. The molecular formula is C23H25ClF2N4O4. The van der Waals surface area contributed by atoms with Crippen molar-refractivity contribution >= 4 is 29.3 Å². The molecule has 3 N–H and O–H groups in total. The SMILES string of the molecule is N#C[C@H](C[C@H]1CCNC1=O)NC(=O)[C@@H]1[C@H]2CC[C@H](CC2(F)F)N1C(=O)[C@@H](O)c1cccc(Cl)c1. The Morgan fingerprint density at radius 2 is 2.12 bits per heavy atom. The number of alkyl halides is 2. The van der Waals surface area contributed by atoms with E-state index in [-0.39, 0.29) is 35.8 Å². The maximum atomic E-state index is 14.8. The summed E-state index contributed by atoms with van der Waals surface area (Å²) in [5.41, 5.74) is 0.187. The third-order valence-corrected chi connectivity index (χ3v) is 7.25. The second kappa shape index (κ2) is 9.47. The molecule has 34 heavy (non-hydrogen) atoms. The number of aliphatic hydroxyl groups is 1. The van der Waals surface area contributed by atoms with Crippen LogP contribution in [0.15, 0.2) is 24.3 Å². The Labute approximate surface area is 200 Å². The highest BCUT2D eigenvalue weighted by Crippen LogP contribution is 2.49. The van der Waals surface area contributed by atoms with E-state index in [1.54, 1.807) is 12.1 Å². The van der Waals surface area contributed by atoms with Crippen molar-refractivity contribution in [2.45, 2.75) is 62.3 Å². The Morgan fingerprint density at radius 3 is 2.74 bits per heavy atom. The number of nitrogens with zero attached hydrogens (tertiary/aromatic N) is 2. The van der Waals surface area contributed by atoms with Crippen LogP contribution in [-0.4, -0.2) is 58.3 Å². The summed E-state index contributed by atoms with van der Waals surface area (Å²) in [7, 11) is 0. The molecule has 4 aliphatic rings. The lowest BCUT2D eigenvalue weighted by Gasteiger charge is -2.54. The molecule has 3 amide bonds. The zero-order valence-corrected chi connectivity index (χ0v) is 19.0. The number of fused-ring (bicyclic) bond motifs is 3. The first-order valence-corrected chi connectivity index (χ1v) is 11.6. The molecule has 1 saturated carbocycles. The van der Waals surface area contributed by atoms with Gasteiger partial charge in [0, 0.05) is 29.9 Å². The van der Waals surface area contributed by atoms with Crippen LogP contribution in [0.5, 0.6) is 0 Å². The molecule has 0 radical (unpaired) electrons. The molecule has 182 valence electrons. The number of hydrogen-bond donors (Lipinski definition) is 3. The van der Waals surface area contributed by atoms with Crippen LogP contribution in [0.3, 0.4) is 0 Å². The van der Waals surface area contributed by atoms with Crippen LogP contribution >= 0.6 is 11.6 Å². The molecule has 3 saturated heterocycles. The minimum Gasteiger partial charge on any atom is -0.378 e. The van der Waals surface area contributed by atoms with Crippen molar-refractivity contribution in [1.82, 2.24) is 15.5 Å². The van der Waals surface area contributed by atoms with Gasteiger partial charge in [-0.1, -0.05) is 23.7 Å². The zero-order valence-electron chi connectivity index (χ0n) is 18.2. The molecule has 1 aliphatic carbocycles. The average molecular weight is 495 g/mol. The van der Waals surface area contributed by atoms with Crippen LogP contribution in [0.25, 0.3) is 0 Å². The van der Waals surface area contributed by atoms with Crippen LogP contribution in [0.1, 0.15) is 43.8 Å². The Morgan fingerprint density at radius 1 is 1.35 bits per heavy atom. The molecule has 1 aromatic carbocycles. The first-order chi connectivity index (χ1) is 16.1. The van der Waals surface area contributed by atoms with Crippen molar-refractivity contribution in [1.29, 1.82) is 5.26 Å². The molecule has 0 unspecified atom stereocenters. The normalized spacial score (nSPS) is 29.1. The van der Waals surface area contributed by atoms with Gasteiger partial charge in [-0.05, 0) is 43.4 Å². The number of amides is 3. The molecule has 6 atom stereocenters. The van der Waals surface area contributed by atoms with Crippen LogP contribution in [0, 0.1) is 23.2 Å². The van der Waals surface area contributed by atoms with Crippen LogP contribution in [0.4, 0.5) is 8.78 Å². The molecule has 2 bridgehead atoms. The van der Waals surface area contributed by atoms with Crippen molar-refractivity contribution in [3.8, 4) is 6.07 Å². The maximum absolute atomic E-state index is 14.8. The molecular weight excluding hydrogens is 470 g/mol. The molecule has 0 aromatic heterocycles. The Balaban J connectivity index is 1.58. The summed E-state index contributed by atoms with van der Waals surface area (Å²) < 4.78 is 29.6. The van der Waals surface area contributed by atoms with Gasteiger partial charge in [-0.25, -0.2) is 8.78 Å². The van der Waals surface area contributed by atoms with E-state index in [1.165, 1.54) is 12.1 Å². The lowest BCUT2D eigenvalue weighted by molar-refractivity contribution is -0.198. The number of hydrogen-bond acceptors (Lipinski definition) is 5. The summed E-state index contributed by atoms with van der Waals surface area (Å²) in [6, 6.07) is 4.35. The molecule has 8 nitrogen and oxygen atoms in total. The second-order valence-corrected chi connectivity index (χ2v) is 9.59. The van der Waals surface area contributed by atoms with E-state index >= 15 is 0 Å². The second-order valence-electron chi connectivity index (χ2n) is 9.15. The number of nitrogens with one attached hydrogen (secondary N) is 2. The van der Waals surface area contributed by atoms with Gasteiger partial charge in [0.2, 0.25) is 11.8 Å². The van der Waals surface area contributed by atoms with Crippen molar-refractivity contribution < 1.29 is 28.3 Å². The molecule has 3 heterocycles. The number of rotatable bonds is 6. The Bertz CT molecular complexity index is 1030. The number of piperidine rings is 2. The van der Waals surface area contributed by atoms with E-state index in [0.29, 0.717) is 13.0 Å². The molecule has 4 fully saturated rings. The molecule has 11 heteroatoms. The van der Waals surface area contributed by atoms with Crippen molar-refractivity contribution in [2.24, 2.45) is 11.8 Å². The Hall–Kier alpha value is -2.77. The van der Waals surface area contributed by atoms with Gasteiger partial charge in [0.05, 0.1) is 12.0 Å². The number of nitriles is 1. The smallest absolute Gasteiger partial charge is 0.256 e. The van der Waals surface area contributed by atoms with Crippen LogP contribution in [-0.2, 0) is 14.4 Å². The van der Waals surface area contributed by atoms with Gasteiger partial charge < -0.3 is 20.6 Å². The lowest BCUT2D eigenvalue weighted by Crippen LogP contribution is -2.69. The highest BCUT2D eigenvalue weighted by atomic mass is 35.5. The number of benzene rings is 1. The van der Waals surface area contributed by atoms with Crippen LogP contribution in [0.2, 0.25) is 5.02 Å². The number of aliphatic hydroxyl groups excluding tert-OH is 1. The zero-order chi connectivity index (χ0) is 24.6. The highest BCUT2D eigenvalue weighted by molar-refractivity contribution is 6.30. The first-order valence-electron chi connectivity index (χ1n) is 11.2. The van der Waals surface area contributed by atoms with Crippen molar-refractivity contribution in [3.05, 3.63) is 34.9 Å². The fraction of sp³-hybridized carbons (Fsp3) is 0.565. The minimum absolute atomic E-state index is 0.0368. The van der Waals surface area contributed by atoms with E-state index in [4.69, 9.17) is 11.6 Å².